The normalized spacial score (nSPS) is 16.3. The molecule has 2 aromatic rings. The zero-order valence-corrected chi connectivity index (χ0v) is 13.1. The molecule has 1 aliphatic heterocycles. The minimum absolute atomic E-state index is 1.36. The largest absolute Gasteiger partial charge is 0.283 e. The molecule has 0 fully saturated rings. The number of rotatable bonds is 0. The van der Waals surface area contributed by atoms with Crippen molar-refractivity contribution in [3.05, 3.63) is 48.5 Å². The predicted molar refractivity (Wildman–Crippen MR) is 85.8 cm³/mol. The molecular weight excluding hydrogens is 337 g/mol. The van der Waals surface area contributed by atoms with Crippen molar-refractivity contribution in [1.29, 1.82) is 0 Å². The average molecular weight is 351 g/mol. The first-order valence-electron chi connectivity index (χ1n) is 5.77. The number of hydrogen-bond donors (Lipinski definition) is 0. The topological polar surface area (TPSA) is 3.24 Å². The van der Waals surface area contributed by atoms with Gasteiger partial charge in [-0.3, -0.25) is 3.11 Å². The van der Waals surface area contributed by atoms with Crippen LogP contribution in [0, 0.1) is 0 Å². The van der Waals surface area contributed by atoms with E-state index in [-0.39, 0.29) is 0 Å². The summed E-state index contributed by atoms with van der Waals surface area (Å²) in [7, 11) is -1.52. The molecule has 3 heteroatoms. The van der Waals surface area contributed by atoms with Crippen molar-refractivity contribution in [2.24, 2.45) is 0 Å². The summed E-state index contributed by atoms with van der Waals surface area (Å²) in [5, 5.41) is 3.07. The van der Waals surface area contributed by atoms with E-state index in [0.29, 0.717) is 0 Å². The number of benzene rings is 2. The number of para-hydroxylation sites is 2. The van der Waals surface area contributed by atoms with Gasteiger partial charge in [-0.2, -0.15) is 0 Å². The molecule has 0 atom stereocenters. The van der Waals surface area contributed by atoms with Crippen LogP contribution in [-0.4, -0.2) is 8.07 Å². The van der Waals surface area contributed by atoms with Crippen molar-refractivity contribution in [3.63, 3.8) is 0 Å². The molecule has 1 heterocycles. The number of fused-ring (bicyclic) bond motifs is 2. The van der Waals surface area contributed by atoms with Gasteiger partial charge in [0.25, 0.3) is 0 Å². The van der Waals surface area contributed by atoms with Gasteiger partial charge in [0, 0.05) is 0 Å². The van der Waals surface area contributed by atoms with Crippen LogP contribution in [0.3, 0.4) is 0 Å². The number of anilines is 2. The van der Waals surface area contributed by atoms with E-state index < -0.39 is 8.07 Å². The zero-order chi connectivity index (χ0) is 12.0. The Hall–Kier alpha value is -0.813. The van der Waals surface area contributed by atoms with Crippen LogP contribution in [0.15, 0.2) is 48.5 Å². The van der Waals surface area contributed by atoms with Crippen LogP contribution in [0.25, 0.3) is 0 Å². The maximum absolute atomic E-state index is 2.44. The van der Waals surface area contributed by atoms with Crippen molar-refractivity contribution in [2.75, 3.05) is 3.11 Å². The van der Waals surface area contributed by atoms with Crippen LogP contribution in [0.2, 0.25) is 13.1 Å². The van der Waals surface area contributed by atoms with Crippen molar-refractivity contribution in [1.82, 2.24) is 0 Å². The van der Waals surface area contributed by atoms with E-state index in [2.05, 4.69) is 87.6 Å². The van der Waals surface area contributed by atoms with Crippen LogP contribution in [-0.2, 0) is 0 Å². The Morgan fingerprint density at radius 1 is 0.824 bits per heavy atom. The fourth-order valence-corrected chi connectivity index (χ4v) is 6.90. The second-order valence-corrected chi connectivity index (χ2v) is 10.2. The van der Waals surface area contributed by atoms with Gasteiger partial charge in [0.05, 0.1) is 34.2 Å². The van der Waals surface area contributed by atoms with Crippen LogP contribution < -0.4 is 13.5 Å². The minimum atomic E-state index is -1.52. The lowest BCUT2D eigenvalue weighted by molar-refractivity contribution is 1.47. The fourth-order valence-electron chi connectivity index (χ4n) is 2.62. The van der Waals surface area contributed by atoms with E-state index >= 15 is 0 Å². The van der Waals surface area contributed by atoms with Gasteiger partial charge in [-0.25, -0.2) is 0 Å². The maximum Gasteiger partial charge on any atom is 0.117 e. The predicted octanol–water partition coefficient (Wildman–Crippen LogP) is 3.31. The van der Waals surface area contributed by atoms with Gasteiger partial charge in [0.2, 0.25) is 0 Å². The third-order valence-electron chi connectivity index (χ3n) is 3.58. The van der Waals surface area contributed by atoms with Gasteiger partial charge in [-0.05, 0) is 22.5 Å². The van der Waals surface area contributed by atoms with Crippen molar-refractivity contribution in [3.8, 4) is 0 Å². The van der Waals surface area contributed by atoms with E-state index in [1.165, 1.54) is 21.7 Å². The lowest BCUT2D eigenvalue weighted by Gasteiger charge is -2.37. The van der Waals surface area contributed by atoms with E-state index in [1.807, 2.05) is 0 Å². The van der Waals surface area contributed by atoms with Crippen molar-refractivity contribution in [2.45, 2.75) is 13.1 Å². The van der Waals surface area contributed by atoms with Crippen LogP contribution in [0.5, 0.6) is 0 Å². The molecule has 0 saturated carbocycles. The number of halogens is 1. The quantitative estimate of drug-likeness (QED) is 0.400. The van der Waals surface area contributed by atoms with E-state index in [0.717, 1.165) is 0 Å². The Morgan fingerprint density at radius 2 is 1.24 bits per heavy atom. The Morgan fingerprint density at radius 3 is 1.71 bits per heavy atom. The van der Waals surface area contributed by atoms with Crippen LogP contribution in [0.4, 0.5) is 11.4 Å². The first-order chi connectivity index (χ1) is 8.12. The highest BCUT2D eigenvalue weighted by atomic mass is 127. The summed E-state index contributed by atoms with van der Waals surface area (Å²) >= 11 is 2.41. The third-order valence-corrected chi connectivity index (χ3v) is 8.16. The first kappa shape index (κ1) is 11.3. The molecule has 1 nitrogen and oxygen atoms in total. The van der Waals surface area contributed by atoms with Gasteiger partial charge in [-0.15, -0.1) is 0 Å². The van der Waals surface area contributed by atoms with Gasteiger partial charge in [0.15, 0.2) is 0 Å². The molecule has 0 unspecified atom stereocenters. The van der Waals surface area contributed by atoms with Crippen LogP contribution >= 0.6 is 22.9 Å². The Labute approximate surface area is 117 Å². The molecule has 0 N–H and O–H groups in total. The SMILES string of the molecule is C[Si]1(C)c2ccccc2N(I)c2ccccc21. The zero-order valence-electron chi connectivity index (χ0n) is 9.94. The van der Waals surface area contributed by atoms with Gasteiger partial charge in [-0.1, -0.05) is 49.5 Å². The molecule has 3 rings (SSSR count). The maximum atomic E-state index is 2.44. The Bertz CT molecular complexity index is 530. The fraction of sp³-hybridized carbons (Fsp3) is 0.143. The monoisotopic (exact) mass is 351 g/mol. The average Bonchev–Trinajstić information content (AvgIpc) is 2.37. The second kappa shape index (κ2) is 3.85. The molecule has 2 aromatic carbocycles. The molecule has 0 radical (unpaired) electrons. The molecule has 0 spiro atoms. The number of nitrogens with zero attached hydrogens (tertiary/aromatic N) is 1. The van der Waals surface area contributed by atoms with Gasteiger partial charge >= 0.3 is 0 Å². The van der Waals surface area contributed by atoms with E-state index in [9.17, 15) is 0 Å². The van der Waals surface area contributed by atoms with Crippen LogP contribution in [0.1, 0.15) is 0 Å². The van der Waals surface area contributed by atoms with Gasteiger partial charge in [0.1, 0.15) is 8.07 Å². The summed E-state index contributed by atoms with van der Waals surface area (Å²) in [6, 6.07) is 17.6. The molecule has 0 aromatic heterocycles. The highest BCUT2D eigenvalue weighted by Crippen LogP contribution is 2.33. The summed E-state index contributed by atoms with van der Waals surface area (Å²) in [5.74, 6) is 0. The molecular formula is C14H14INSi. The standard InChI is InChI=1S/C14H14INSi/c1-17(2)13-9-5-3-7-11(13)16(15)12-8-4-6-10-14(12)17/h3-10H,1-2H3. The molecule has 0 saturated heterocycles. The molecule has 0 bridgehead atoms. The molecule has 0 amide bonds. The first-order valence-corrected chi connectivity index (χ1v) is 9.74. The minimum Gasteiger partial charge on any atom is -0.283 e. The second-order valence-electron chi connectivity index (χ2n) is 4.94. The van der Waals surface area contributed by atoms with Gasteiger partial charge < -0.3 is 0 Å². The van der Waals surface area contributed by atoms with E-state index in [1.54, 1.807) is 0 Å². The molecule has 1 aliphatic rings. The molecule has 17 heavy (non-hydrogen) atoms. The highest BCUT2D eigenvalue weighted by Gasteiger charge is 2.36. The molecule has 86 valence electrons. The van der Waals surface area contributed by atoms with E-state index in [4.69, 9.17) is 0 Å². The third kappa shape index (κ3) is 1.56. The summed E-state index contributed by atoms with van der Waals surface area (Å²) in [5.41, 5.74) is 2.73. The highest BCUT2D eigenvalue weighted by molar-refractivity contribution is 14.1. The Balaban J connectivity index is 2.34. The summed E-state index contributed by atoms with van der Waals surface area (Å²) in [6.45, 7) is 4.88. The summed E-state index contributed by atoms with van der Waals surface area (Å²) in [6.07, 6.45) is 0. The summed E-state index contributed by atoms with van der Waals surface area (Å²) < 4.78 is 2.29. The Kier molecular flexibility index (Phi) is 2.55. The smallest absolute Gasteiger partial charge is 0.117 e. The lowest BCUT2D eigenvalue weighted by atomic mass is 10.2. The molecule has 0 aliphatic carbocycles. The summed E-state index contributed by atoms with van der Waals surface area (Å²) in [4.78, 5) is 0. The lowest BCUT2D eigenvalue weighted by Crippen LogP contribution is -2.57. The number of hydrogen-bond acceptors (Lipinski definition) is 1. The van der Waals surface area contributed by atoms with Crippen molar-refractivity contribution < 1.29 is 0 Å². The van der Waals surface area contributed by atoms with Crippen molar-refractivity contribution >= 4 is 52.7 Å².